The van der Waals surface area contributed by atoms with Crippen molar-refractivity contribution in [3.63, 3.8) is 0 Å². The quantitative estimate of drug-likeness (QED) is 0.835. The van der Waals surface area contributed by atoms with E-state index in [0.29, 0.717) is 23.4 Å². The predicted octanol–water partition coefficient (Wildman–Crippen LogP) is 4.53. The van der Waals surface area contributed by atoms with Gasteiger partial charge < -0.3 is 5.32 Å². The lowest BCUT2D eigenvalue weighted by atomic mass is 9.68. The van der Waals surface area contributed by atoms with Crippen LogP contribution in [0.15, 0.2) is 47.9 Å². The van der Waals surface area contributed by atoms with Crippen LogP contribution in [0, 0.1) is 17.8 Å². The Bertz CT molecular complexity index is 752. The molecule has 2 aliphatic rings. The van der Waals surface area contributed by atoms with Crippen molar-refractivity contribution in [2.45, 2.75) is 32.2 Å². The first-order valence-electron chi connectivity index (χ1n) is 8.69. The average Bonchev–Trinajstić information content (AvgIpc) is 3.09. The summed E-state index contributed by atoms with van der Waals surface area (Å²) in [5.41, 5.74) is 1.60. The number of amides is 1. The number of thiazole rings is 1. The third kappa shape index (κ3) is 3.03. The predicted molar refractivity (Wildman–Crippen MR) is 97.9 cm³/mol. The summed E-state index contributed by atoms with van der Waals surface area (Å²) in [7, 11) is 0. The van der Waals surface area contributed by atoms with Crippen LogP contribution in [0.3, 0.4) is 0 Å². The summed E-state index contributed by atoms with van der Waals surface area (Å²) in [4.78, 5) is 17.2. The molecule has 1 N–H and O–H groups in total. The van der Waals surface area contributed by atoms with Crippen LogP contribution in [0.5, 0.6) is 0 Å². The van der Waals surface area contributed by atoms with Gasteiger partial charge in [-0.05, 0) is 37.0 Å². The zero-order chi connectivity index (χ0) is 16.5. The number of fused-ring (bicyclic) bond motifs is 2. The molecule has 1 heterocycles. The number of nitrogens with one attached hydrogen (secondary N) is 1. The lowest BCUT2D eigenvalue weighted by Crippen LogP contribution is -2.49. The normalized spacial score (nSPS) is 28.5. The zero-order valence-electron chi connectivity index (χ0n) is 13.8. The largest absolute Gasteiger partial charge is 0.347 e. The van der Waals surface area contributed by atoms with E-state index in [-0.39, 0.29) is 11.9 Å². The summed E-state index contributed by atoms with van der Waals surface area (Å²) < 4.78 is 0. The van der Waals surface area contributed by atoms with Crippen LogP contribution in [0.2, 0.25) is 0 Å². The molecule has 4 heteroatoms. The van der Waals surface area contributed by atoms with Gasteiger partial charge in [-0.3, -0.25) is 4.79 Å². The highest BCUT2D eigenvalue weighted by Crippen LogP contribution is 2.39. The SMILES string of the molecule is CC1CC2C=CCC(C2)C1NC(=O)c1csc(-c2ccccc2)n1. The van der Waals surface area contributed by atoms with Crippen molar-refractivity contribution < 1.29 is 4.79 Å². The second-order valence-electron chi connectivity index (χ2n) is 7.04. The highest BCUT2D eigenvalue weighted by Gasteiger charge is 2.37. The first-order chi connectivity index (χ1) is 11.7. The molecule has 3 nitrogen and oxygen atoms in total. The molecule has 0 spiro atoms. The van der Waals surface area contributed by atoms with Crippen molar-refractivity contribution in [3.8, 4) is 10.6 Å². The summed E-state index contributed by atoms with van der Waals surface area (Å²) in [5, 5.41) is 6.05. The minimum absolute atomic E-state index is 0.0294. The van der Waals surface area contributed by atoms with E-state index in [0.717, 1.165) is 17.0 Å². The third-order valence-electron chi connectivity index (χ3n) is 5.30. The van der Waals surface area contributed by atoms with Crippen molar-refractivity contribution in [1.29, 1.82) is 0 Å². The van der Waals surface area contributed by atoms with Crippen LogP contribution in [-0.4, -0.2) is 16.9 Å². The summed E-state index contributed by atoms with van der Waals surface area (Å²) in [6, 6.07) is 10.3. The lowest BCUT2D eigenvalue weighted by molar-refractivity contribution is 0.0840. The maximum atomic E-state index is 12.7. The topological polar surface area (TPSA) is 42.0 Å². The van der Waals surface area contributed by atoms with Gasteiger partial charge in [-0.15, -0.1) is 11.3 Å². The summed E-state index contributed by atoms with van der Waals surface area (Å²) >= 11 is 1.53. The first kappa shape index (κ1) is 15.6. The maximum Gasteiger partial charge on any atom is 0.271 e. The zero-order valence-corrected chi connectivity index (χ0v) is 14.6. The number of rotatable bonds is 3. The van der Waals surface area contributed by atoms with Crippen LogP contribution < -0.4 is 5.32 Å². The fourth-order valence-corrected chi connectivity index (χ4v) is 4.95. The Morgan fingerprint density at radius 2 is 2.08 bits per heavy atom. The Morgan fingerprint density at radius 1 is 1.25 bits per heavy atom. The smallest absolute Gasteiger partial charge is 0.271 e. The minimum Gasteiger partial charge on any atom is -0.347 e. The van der Waals surface area contributed by atoms with E-state index in [2.05, 4.69) is 29.4 Å². The van der Waals surface area contributed by atoms with Crippen molar-refractivity contribution >= 4 is 17.2 Å². The van der Waals surface area contributed by atoms with E-state index in [1.807, 2.05) is 35.7 Å². The van der Waals surface area contributed by atoms with Crippen molar-refractivity contribution in [3.05, 3.63) is 53.6 Å². The molecule has 0 saturated heterocycles. The highest BCUT2D eigenvalue weighted by atomic mass is 32.1. The van der Waals surface area contributed by atoms with Gasteiger partial charge in [0.1, 0.15) is 10.7 Å². The molecule has 4 atom stereocenters. The van der Waals surface area contributed by atoms with Crippen LogP contribution in [0.4, 0.5) is 0 Å². The monoisotopic (exact) mass is 338 g/mol. The first-order valence-corrected chi connectivity index (χ1v) is 9.57. The molecule has 1 fully saturated rings. The van der Waals surface area contributed by atoms with E-state index in [1.165, 1.54) is 24.2 Å². The molecule has 2 bridgehead atoms. The number of carbonyl (C=O) groups excluding carboxylic acids is 1. The molecular formula is C20H22N2OS. The van der Waals surface area contributed by atoms with Gasteiger partial charge >= 0.3 is 0 Å². The molecule has 2 aromatic rings. The Morgan fingerprint density at radius 3 is 2.92 bits per heavy atom. The van der Waals surface area contributed by atoms with Gasteiger partial charge in [-0.2, -0.15) is 0 Å². The Kier molecular flexibility index (Phi) is 4.23. The van der Waals surface area contributed by atoms with E-state index in [9.17, 15) is 4.79 Å². The van der Waals surface area contributed by atoms with E-state index in [1.54, 1.807) is 0 Å². The van der Waals surface area contributed by atoms with E-state index >= 15 is 0 Å². The fourth-order valence-electron chi connectivity index (χ4n) is 4.14. The molecule has 2 aliphatic carbocycles. The van der Waals surface area contributed by atoms with Crippen LogP contribution >= 0.6 is 11.3 Å². The molecule has 4 unspecified atom stereocenters. The molecule has 0 aliphatic heterocycles. The van der Waals surface area contributed by atoms with E-state index < -0.39 is 0 Å². The number of benzene rings is 1. The Labute approximate surface area is 146 Å². The molecule has 1 amide bonds. The molecule has 24 heavy (non-hydrogen) atoms. The number of hydrogen-bond acceptors (Lipinski definition) is 3. The summed E-state index contributed by atoms with van der Waals surface area (Å²) in [6.07, 6.45) is 8.11. The minimum atomic E-state index is -0.0294. The van der Waals surface area contributed by atoms with Crippen LogP contribution in [0.25, 0.3) is 10.6 Å². The second-order valence-corrected chi connectivity index (χ2v) is 7.89. The summed E-state index contributed by atoms with van der Waals surface area (Å²) in [5.74, 6) is 1.77. The van der Waals surface area contributed by atoms with Crippen molar-refractivity contribution in [1.82, 2.24) is 10.3 Å². The Hall–Kier alpha value is -1.94. The van der Waals surface area contributed by atoms with Crippen molar-refractivity contribution in [2.24, 2.45) is 17.8 Å². The van der Waals surface area contributed by atoms with Gasteiger partial charge in [0.2, 0.25) is 0 Å². The number of carbonyl (C=O) groups is 1. The Balaban J connectivity index is 1.48. The van der Waals surface area contributed by atoms with Gasteiger partial charge in [0, 0.05) is 17.0 Å². The molecule has 4 rings (SSSR count). The van der Waals surface area contributed by atoms with Gasteiger partial charge in [-0.25, -0.2) is 4.98 Å². The standard InChI is InChI=1S/C20H22N2OS/c1-13-10-14-6-5-9-16(11-14)18(13)22-19(23)17-12-24-20(21-17)15-7-3-2-4-8-15/h2-8,12-14,16,18H,9-11H2,1H3,(H,22,23). The number of aromatic nitrogens is 1. The van der Waals surface area contributed by atoms with E-state index in [4.69, 9.17) is 0 Å². The van der Waals surface area contributed by atoms with Crippen LogP contribution in [-0.2, 0) is 0 Å². The second kappa shape index (κ2) is 6.52. The van der Waals surface area contributed by atoms with Gasteiger partial charge in [0.05, 0.1) is 0 Å². The number of allylic oxidation sites excluding steroid dienone is 2. The summed E-state index contributed by atoms with van der Waals surface area (Å²) in [6.45, 7) is 2.26. The molecule has 1 aromatic carbocycles. The fraction of sp³-hybridized carbons (Fsp3) is 0.400. The van der Waals surface area contributed by atoms with Gasteiger partial charge in [0.25, 0.3) is 5.91 Å². The molecule has 1 saturated carbocycles. The van der Waals surface area contributed by atoms with Gasteiger partial charge in [0.15, 0.2) is 0 Å². The van der Waals surface area contributed by atoms with Gasteiger partial charge in [-0.1, -0.05) is 49.4 Å². The highest BCUT2D eigenvalue weighted by molar-refractivity contribution is 7.13. The number of nitrogens with zero attached hydrogens (tertiary/aromatic N) is 1. The molecule has 0 radical (unpaired) electrons. The number of hydrogen-bond donors (Lipinski definition) is 1. The third-order valence-corrected chi connectivity index (χ3v) is 6.19. The maximum absolute atomic E-state index is 12.7. The van der Waals surface area contributed by atoms with Crippen LogP contribution in [0.1, 0.15) is 36.7 Å². The van der Waals surface area contributed by atoms with Crippen molar-refractivity contribution in [2.75, 3.05) is 0 Å². The lowest BCUT2D eigenvalue weighted by Gasteiger charge is -2.42. The molecular weight excluding hydrogens is 316 g/mol. The molecule has 1 aromatic heterocycles. The average molecular weight is 338 g/mol. The molecule has 124 valence electrons.